The molecule has 1 atom stereocenters. The highest BCUT2D eigenvalue weighted by molar-refractivity contribution is 7.99. The van der Waals surface area contributed by atoms with E-state index in [1.807, 2.05) is 6.92 Å². The first-order chi connectivity index (χ1) is 8.53. The maximum absolute atomic E-state index is 12.2. The first kappa shape index (κ1) is 14.3. The van der Waals surface area contributed by atoms with Gasteiger partial charge in [-0.25, -0.2) is 13.1 Å². The molecule has 1 aliphatic heterocycles. The summed E-state index contributed by atoms with van der Waals surface area (Å²) in [6, 6.07) is 1.67. The molecule has 0 bridgehead atoms. The van der Waals surface area contributed by atoms with Crippen LogP contribution in [-0.2, 0) is 16.6 Å². The van der Waals surface area contributed by atoms with E-state index in [0.29, 0.717) is 9.09 Å². The van der Waals surface area contributed by atoms with Crippen LogP contribution >= 0.6 is 23.1 Å². The smallest absolute Gasteiger partial charge is 0.250 e. The van der Waals surface area contributed by atoms with Crippen LogP contribution in [0.3, 0.4) is 0 Å². The monoisotopic (exact) mass is 307 g/mol. The van der Waals surface area contributed by atoms with Gasteiger partial charge >= 0.3 is 0 Å². The van der Waals surface area contributed by atoms with E-state index >= 15 is 0 Å². The number of sulfonamides is 1. The molecule has 0 aromatic carbocycles. The van der Waals surface area contributed by atoms with Gasteiger partial charge in [-0.15, -0.1) is 11.3 Å². The van der Waals surface area contributed by atoms with Gasteiger partial charge in [0, 0.05) is 16.7 Å². The lowest BCUT2D eigenvalue weighted by Crippen LogP contribution is -2.37. The van der Waals surface area contributed by atoms with Crippen molar-refractivity contribution in [3.63, 3.8) is 0 Å². The predicted molar refractivity (Wildman–Crippen MR) is 75.6 cm³/mol. The summed E-state index contributed by atoms with van der Waals surface area (Å²) in [5.74, 6) is 1.96. The minimum Gasteiger partial charge on any atom is -0.391 e. The highest BCUT2D eigenvalue weighted by Crippen LogP contribution is 2.27. The number of rotatable bonds is 4. The van der Waals surface area contributed by atoms with Crippen molar-refractivity contribution < 1.29 is 13.5 Å². The van der Waals surface area contributed by atoms with Crippen LogP contribution in [0, 0.1) is 6.92 Å². The highest BCUT2D eigenvalue weighted by Gasteiger charge is 2.24. The van der Waals surface area contributed by atoms with E-state index in [-0.39, 0.29) is 12.6 Å². The van der Waals surface area contributed by atoms with Crippen LogP contribution < -0.4 is 4.72 Å². The Balaban J connectivity index is 2.13. The van der Waals surface area contributed by atoms with E-state index in [0.717, 1.165) is 41.2 Å². The lowest BCUT2D eigenvalue weighted by Gasteiger charge is -2.21. The Morgan fingerprint density at radius 3 is 2.89 bits per heavy atom. The Morgan fingerprint density at radius 2 is 2.33 bits per heavy atom. The Labute approximate surface area is 116 Å². The molecule has 102 valence electrons. The van der Waals surface area contributed by atoms with Crippen LogP contribution in [-0.4, -0.2) is 31.1 Å². The third-order valence-electron chi connectivity index (χ3n) is 2.89. The number of thiophene rings is 1. The summed E-state index contributed by atoms with van der Waals surface area (Å²) in [5.41, 5.74) is 0.834. The van der Waals surface area contributed by atoms with Gasteiger partial charge < -0.3 is 5.11 Å². The van der Waals surface area contributed by atoms with Gasteiger partial charge in [-0.1, -0.05) is 0 Å². The quantitative estimate of drug-likeness (QED) is 0.889. The van der Waals surface area contributed by atoms with Crippen molar-refractivity contribution >= 4 is 33.1 Å². The zero-order chi connectivity index (χ0) is 13.2. The van der Waals surface area contributed by atoms with Crippen molar-refractivity contribution in [1.29, 1.82) is 0 Å². The number of hydrogen-bond donors (Lipinski definition) is 2. The van der Waals surface area contributed by atoms with Gasteiger partial charge in [0.05, 0.1) is 6.61 Å². The standard InChI is InChI=1S/C11H17NO3S3/c1-8-5-11(17-10(8)6-13)18(14,15)12-9-3-2-4-16-7-9/h5,9,12-13H,2-4,6-7H2,1H3. The van der Waals surface area contributed by atoms with Gasteiger partial charge in [0.2, 0.25) is 10.0 Å². The summed E-state index contributed by atoms with van der Waals surface area (Å²) in [4.78, 5) is 0.716. The third kappa shape index (κ3) is 3.27. The molecule has 0 spiro atoms. The van der Waals surface area contributed by atoms with Crippen LogP contribution in [0.15, 0.2) is 10.3 Å². The Morgan fingerprint density at radius 1 is 1.56 bits per heavy atom. The molecule has 1 aromatic heterocycles. The topological polar surface area (TPSA) is 66.4 Å². The number of aliphatic hydroxyl groups excluding tert-OH is 1. The van der Waals surface area contributed by atoms with Gasteiger partial charge in [-0.3, -0.25) is 0 Å². The Hall–Kier alpha value is -0.0800. The Kier molecular flexibility index (Phi) is 4.71. The van der Waals surface area contributed by atoms with Crippen LogP contribution in [0.2, 0.25) is 0 Å². The van der Waals surface area contributed by atoms with Crippen LogP contribution in [0.4, 0.5) is 0 Å². The van der Waals surface area contributed by atoms with E-state index in [2.05, 4.69) is 4.72 Å². The molecule has 0 amide bonds. The molecule has 1 saturated heterocycles. The normalized spacial score (nSPS) is 21.1. The van der Waals surface area contributed by atoms with Gasteiger partial charge in [0.25, 0.3) is 0 Å². The summed E-state index contributed by atoms with van der Waals surface area (Å²) in [6.07, 6.45) is 1.96. The zero-order valence-corrected chi connectivity index (χ0v) is 12.6. The molecule has 2 rings (SSSR count). The molecule has 1 aliphatic rings. The minimum atomic E-state index is -3.43. The van der Waals surface area contributed by atoms with E-state index in [4.69, 9.17) is 5.11 Å². The second-order valence-electron chi connectivity index (χ2n) is 4.37. The van der Waals surface area contributed by atoms with Gasteiger partial charge in [0.1, 0.15) is 4.21 Å². The van der Waals surface area contributed by atoms with Crippen LogP contribution in [0.1, 0.15) is 23.3 Å². The molecule has 4 nitrogen and oxygen atoms in total. The number of aryl methyl sites for hydroxylation is 1. The van der Waals surface area contributed by atoms with E-state index < -0.39 is 10.0 Å². The zero-order valence-electron chi connectivity index (χ0n) is 10.2. The molecule has 0 radical (unpaired) electrons. The second-order valence-corrected chi connectivity index (χ2v) is 8.59. The fourth-order valence-electron chi connectivity index (χ4n) is 1.89. The molecule has 0 aliphatic carbocycles. The van der Waals surface area contributed by atoms with E-state index in [1.165, 1.54) is 0 Å². The van der Waals surface area contributed by atoms with Crippen molar-refractivity contribution in [1.82, 2.24) is 4.72 Å². The van der Waals surface area contributed by atoms with Crippen molar-refractivity contribution in [3.05, 3.63) is 16.5 Å². The van der Waals surface area contributed by atoms with E-state index in [9.17, 15) is 8.42 Å². The summed E-state index contributed by atoms with van der Waals surface area (Å²) >= 11 is 2.94. The van der Waals surface area contributed by atoms with Gasteiger partial charge in [0.15, 0.2) is 0 Å². The maximum atomic E-state index is 12.2. The maximum Gasteiger partial charge on any atom is 0.250 e. The van der Waals surface area contributed by atoms with Crippen molar-refractivity contribution in [2.45, 2.75) is 36.6 Å². The molecule has 1 fully saturated rings. The summed E-state index contributed by atoms with van der Waals surface area (Å²) < 4.78 is 27.4. The first-order valence-corrected chi connectivity index (χ1v) is 9.28. The molecule has 0 saturated carbocycles. The Bertz CT molecular complexity index is 504. The van der Waals surface area contributed by atoms with Crippen LogP contribution in [0.25, 0.3) is 0 Å². The lowest BCUT2D eigenvalue weighted by atomic mass is 10.2. The molecule has 1 unspecified atom stereocenters. The summed E-state index contributed by atoms with van der Waals surface area (Å²) in [5, 5.41) is 9.11. The molecule has 1 aromatic rings. The molecule has 7 heteroatoms. The fourth-order valence-corrected chi connectivity index (χ4v) is 5.80. The average Bonchev–Trinajstić information content (AvgIpc) is 2.72. The van der Waals surface area contributed by atoms with Crippen molar-refractivity contribution in [3.8, 4) is 0 Å². The first-order valence-electron chi connectivity index (χ1n) is 5.83. The predicted octanol–water partition coefficient (Wildman–Crippen LogP) is 1.72. The number of nitrogens with one attached hydrogen (secondary N) is 1. The number of hydrogen-bond acceptors (Lipinski definition) is 5. The summed E-state index contributed by atoms with van der Waals surface area (Å²) in [6.45, 7) is 1.71. The number of thioether (sulfide) groups is 1. The third-order valence-corrected chi connectivity index (χ3v) is 7.32. The molecule has 2 N–H and O–H groups in total. The van der Waals surface area contributed by atoms with Crippen LogP contribution in [0.5, 0.6) is 0 Å². The minimum absolute atomic E-state index is 0.0359. The van der Waals surface area contributed by atoms with Crippen molar-refractivity contribution in [2.24, 2.45) is 0 Å². The number of aliphatic hydroxyl groups is 1. The molecular weight excluding hydrogens is 290 g/mol. The largest absolute Gasteiger partial charge is 0.391 e. The highest BCUT2D eigenvalue weighted by atomic mass is 32.2. The van der Waals surface area contributed by atoms with Crippen molar-refractivity contribution in [2.75, 3.05) is 11.5 Å². The fraction of sp³-hybridized carbons (Fsp3) is 0.636. The van der Waals surface area contributed by atoms with Gasteiger partial charge in [-0.05, 0) is 37.1 Å². The molecular formula is C11H17NO3S3. The molecule has 2 heterocycles. The average molecular weight is 307 g/mol. The van der Waals surface area contributed by atoms with Gasteiger partial charge in [-0.2, -0.15) is 11.8 Å². The summed E-state index contributed by atoms with van der Waals surface area (Å²) in [7, 11) is -3.43. The lowest BCUT2D eigenvalue weighted by molar-refractivity contribution is 0.285. The molecule has 18 heavy (non-hydrogen) atoms. The second kappa shape index (κ2) is 5.92. The SMILES string of the molecule is Cc1cc(S(=O)(=O)NC2CCCSC2)sc1CO. The van der Waals surface area contributed by atoms with E-state index in [1.54, 1.807) is 17.8 Å².